The number of ketones is 1. The summed E-state index contributed by atoms with van der Waals surface area (Å²) in [6, 6.07) is 17.6. The van der Waals surface area contributed by atoms with E-state index in [-0.39, 0.29) is 11.3 Å². The molecule has 1 saturated heterocycles. The van der Waals surface area contributed by atoms with Crippen molar-refractivity contribution in [3.05, 3.63) is 88.3 Å². The van der Waals surface area contributed by atoms with E-state index in [1.165, 1.54) is 16.2 Å². The van der Waals surface area contributed by atoms with Gasteiger partial charge in [0, 0.05) is 39.3 Å². The van der Waals surface area contributed by atoms with Crippen LogP contribution in [0.5, 0.6) is 5.75 Å². The molecule has 1 aliphatic heterocycles. The topological polar surface area (TPSA) is 82.6 Å². The van der Waals surface area contributed by atoms with Crippen LogP contribution in [0.2, 0.25) is 0 Å². The maximum absolute atomic E-state index is 13.2. The van der Waals surface area contributed by atoms with E-state index in [2.05, 4.69) is 4.98 Å². The maximum Gasteiger partial charge on any atom is 0.300 e. The van der Waals surface area contributed by atoms with E-state index in [1.807, 2.05) is 48.7 Å². The molecule has 1 aliphatic rings. The van der Waals surface area contributed by atoms with Crippen LogP contribution in [0.1, 0.15) is 23.4 Å². The van der Waals surface area contributed by atoms with Gasteiger partial charge in [-0.25, -0.2) is 0 Å². The summed E-state index contributed by atoms with van der Waals surface area (Å²) in [4.78, 5) is 31.8. The van der Waals surface area contributed by atoms with Gasteiger partial charge in [0.15, 0.2) is 0 Å². The first-order chi connectivity index (χ1) is 15.6. The van der Waals surface area contributed by atoms with Crippen LogP contribution >= 0.6 is 11.3 Å². The van der Waals surface area contributed by atoms with Gasteiger partial charge in [0.1, 0.15) is 17.6 Å². The van der Waals surface area contributed by atoms with Crippen LogP contribution in [0, 0.1) is 0 Å². The fraction of sp³-hybridized carbons (Fsp3) is 0.120. The van der Waals surface area contributed by atoms with Crippen LogP contribution in [0.25, 0.3) is 16.7 Å². The van der Waals surface area contributed by atoms with E-state index in [0.717, 1.165) is 15.8 Å². The zero-order valence-electron chi connectivity index (χ0n) is 17.2. The first-order valence-electron chi connectivity index (χ1n) is 10.2. The van der Waals surface area contributed by atoms with Crippen molar-refractivity contribution in [3.8, 4) is 5.75 Å². The molecule has 0 bridgehead atoms. The lowest BCUT2D eigenvalue weighted by atomic mass is 9.99. The number of aliphatic hydroxyl groups excluding tert-OH is 1. The summed E-state index contributed by atoms with van der Waals surface area (Å²) in [5.74, 6) is -0.984. The summed E-state index contributed by atoms with van der Waals surface area (Å²) in [6.07, 6.45) is 1.66. The molecule has 0 saturated carbocycles. The molecule has 1 amide bonds. The van der Waals surface area contributed by atoms with Crippen molar-refractivity contribution in [2.24, 2.45) is 0 Å². The number of fused-ring (bicyclic) bond motifs is 1. The molecule has 160 valence electrons. The molecule has 2 N–H and O–H groups in total. The Morgan fingerprint density at radius 3 is 2.75 bits per heavy atom. The molecule has 32 heavy (non-hydrogen) atoms. The van der Waals surface area contributed by atoms with Crippen LogP contribution < -0.4 is 9.64 Å². The largest absolute Gasteiger partial charge is 0.507 e. The summed E-state index contributed by atoms with van der Waals surface area (Å²) in [5.41, 5.74) is 1.93. The van der Waals surface area contributed by atoms with Gasteiger partial charge in [-0.1, -0.05) is 30.3 Å². The number of carbonyl (C=O) groups is 2. The van der Waals surface area contributed by atoms with Crippen molar-refractivity contribution < 1.29 is 19.4 Å². The van der Waals surface area contributed by atoms with Crippen molar-refractivity contribution in [1.82, 2.24) is 4.98 Å². The Kier molecular flexibility index (Phi) is 5.03. The lowest BCUT2D eigenvalue weighted by molar-refractivity contribution is -0.132. The van der Waals surface area contributed by atoms with Gasteiger partial charge in [0.25, 0.3) is 11.7 Å². The fourth-order valence-corrected chi connectivity index (χ4v) is 4.94. The minimum atomic E-state index is -0.736. The highest BCUT2D eigenvalue weighted by Gasteiger charge is 2.47. The van der Waals surface area contributed by atoms with E-state index in [1.54, 1.807) is 30.5 Å². The smallest absolute Gasteiger partial charge is 0.300 e. The SMILES string of the molecule is CCOc1cccc(N2C(=O)C(=O)/C(=C(\O)c3c[nH]c4ccccc34)C2c2cccs2)c1. The first kappa shape index (κ1) is 20.1. The molecule has 2 aromatic heterocycles. The third kappa shape index (κ3) is 3.18. The number of Topliss-reactive ketones (excluding diaryl/α,β-unsaturated/α-hetero) is 1. The molecule has 5 rings (SSSR count). The third-order valence-electron chi connectivity index (χ3n) is 5.51. The Labute approximate surface area is 188 Å². The molecule has 1 atom stereocenters. The lowest BCUT2D eigenvalue weighted by Gasteiger charge is -2.24. The van der Waals surface area contributed by atoms with E-state index >= 15 is 0 Å². The number of H-pyrrole nitrogens is 1. The fourth-order valence-electron chi connectivity index (χ4n) is 4.12. The van der Waals surface area contributed by atoms with Gasteiger partial charge < -0.3 is 14.8 Å². The van der Waals surface area contributed by atoms with Crippen LogP contribution in [-0.2, 0) is 9.59 Å². The van der Waals surface area contributed by atoms with Crippen molar-refractivity contribution in [2.75, 3.05) is 11.5 Å². The number of ether oxygens (including phenoxy) is 1. The second-order valence-corrected chi connectivity index (χ2v) is 8.34. The van der Waals surface area contributed by atoms with Gasteiger partial charge in [-0.2, -0.15) is 0 Å². The van der Waals surface area contributed by atoms with Crippen LogP contribution in [-0.4, -0.2) is 28.4 Å². The normalized spacial score (nSPS) is 17.9. The summed E-state index contributed by atoms with van der Waals surface area (Å²) >= 11 is 1.43. The van der Waals surface area contributed by atoms with E-state index in [9.17, 15) is 14.7 Å². The van der Waals surface area contributed by atoms with E-state index < -0.39 is 17.7 Å². The molecule has 1 unspecified atom stereocenters. The number of nitrogens with one attached hydrogen (secondary N) is 1. The Hall–Kier alpha value is -3.84. The highest BCUT2D eigenvalue weighted by atomic mass is 32.1. The summed E-state index contributed by atoms with van der Waals surface area (Å²) < 4.78 is 5.59. The predicted molar refractivity (Wildman–Crippen MR) is 125 cm³/mol. The second-order valence-electron chi connectivity index (χ2n) is 7.36. The Morgan fingerprint density at radius 1 is 1.12 bits per heavy atom. The summed E-state index contributed by atoms with van der Waals surface area (Å²) in [5, 5.41) is 14.0. The number of rotatable bonds is 5. The number of hydrogen-bond acceptors (Lipinski definition) is 5. The molecule has 6 nitrogen and oxygen atoms in total. The van der Waals surface area contributed by atoms with Gasteiger partial charge >= 0.3 is 0 Å². The average molecular weight is 445 g/mol. The highest BCUT2D eigenvalue weighted by molar-refractivity contribution is 7.10. The number of benzene rings is 2. The molecular weight excluding hydrogens is 424 g/mol. The molecule has 2 aromatic carbocycles. The zero-order chi connectivity index (χ0) is 22.2. The van der Waals surface area contributed by atoms with Crippen LogP contribution in [0.3, 0.4) is 0 Å². The Morgan fingerprint density at radius 2 is 1.97 bits per heavy atom. The molecular formula is C25H20N2O4S. The van der Waals surface area contributed by atoms with Gasteiger partial charge in [-0.3, -0.25) is 14.5 Å². The standard InChI is InChI=1S/C25H20N2O4S/c1-2-31-16-8-5-7-15(13-16)27-22(20-11-6-12-32-20)21(24(29)25(27)30)23(28)18-14-26-19-10-4-3-9-17(18)19/h3-14,22,26,28H,2H2,1H3/b23-21-. The number of amides is 1. The number of para-hydroxylation sites is 1. The summed E-state index contributed by atoms with van der Waals surface area (Å²) in [7, 11) is 0. The monoisotopic (exact) mass is 444 g/mol. The Balaban J connectivity index is 1.71. The predicted octanol–water partition coefficient (Wildman–Crippen LogP) is 5.25. The number of hydrogen-bond donors (Lipinski definition) is 2. The zero-order valence-corrected chi connectivity index (χ0v) is 18.1. The quantitative estimate of drug-likeness (QED) is 0.250. The van der Waals surface area contributed by atoms with Gasteiger partial charge in [-0.15, -0.1) is 11.3 Å². The minimum absolute atomic E-state index is 0.0732. The molecule has 0 aliphatic carbocycles. The van der Waals surface area contributed by atoms with Crippen molar-refractivity contribution in [3.63, 3.8) is 0 Å². The van der Waals surface area contributed by atoms with Crippen molar-refractivity contribution in [1.29, 1.82) is 0 Å². The number of carbonyl (C=O) groups excluding carboxylic acids is 2. The second kappa shape index (κ2) is 8.01. The Bertz CT molecular complexity index is 1350. The van der Waals surface area contributed by atoms with E-state index in [0.29, 0.717) is 23.6 Å². The molecule has 1 fully saturated rings. The molecule has 0 spiro atoms. The lowest BCUT2D eigenvalue weighted by Crippen LogP contribution is -2.29. The van der Waals surface area contributed by atoms with Crippen molar-refractivity contribution in [2.45, 2.75) is 13.0 Å². The molecule has 7 heteroatoms. The number of anilines is 1. The third-order valence-corrected chi connectivity index (χ3v) is 6.43. The molecule has 0 radical (unpaired) electrons. The van der Waals surface area contributed by atoms with Gasteiger partial charge in [0.05, 0.1) is 12.2 Å². The number of thiophene rings is 1. The number of nitrogens with zero attached hydrogens (tertiary/aromatic N) is 1. The molecule has 3 heterocycles. The summed E-state index contributed by atoms with van der Waals surface area (Å²) in [6.45, 7) is 2.36. The average Bonchev–Trinajstić information content (AvgIpc) is 3.53. The number of aromatic amines is 1. The highest BCUT2D eigenvalue weighted by Crippen LogP contribution is 2.44. The number of aliphatic hydroxyl groups is 1. The van der Waals surface area contributed by atoms with E-state index in [4.69, 9.17) is 4.74 Å². The molecule has 4 aromatic rings. The maximum atomic E-state index is 13.2. The van der Waals surface area contributed by atoms with Gasteiger partial charge in [0.2, 0.25) is 0 Å². The van der Waals surface area contributed by atoms with Gasteiger partial charge in [-0.05, 0) is 36.6 Å². The van der Waals surface area contributed by atoms with Crippen LogP contribution in [0.4, 0.5) is 5.69 Å². The minimum Gasteiger partial charge on any atom is -0.507 e. The van der Waals surface area contributed by atoms with Crippen LogP contribution in [0.15, 0.2) is 77.8 Å². The first-order valence-corrected chi connectivity index (χ1v) is 11.1. The van der Waals surface area contributed by atoms with Crippen molar-refractivity contribution >= 4 is 45.4 Å². The number of aromatic nitrogens is 1.